The van der Waals surface area contributed by atoms with Crippen molar-refractivity contribution >= 4 is 65.3 Å². The van der Waals surface area contributed by atoms with Crippen LogP contribution in [0.1, 0.15) is 0 Å². The molecule has 0 bridgehead atoms. The van der Waals surface area contributed by atoms with E-state index < -0.39 is 0 Å². The summed E-state index contributed by atoms with van der Waals surface area (Å²) in [6, 6.07) is 53.0. The van der Waals surface area contributed by atoms with Gasteiger partial charge in [-0.05, 0) is 52.6 Å². The van der Waals surface area contributed by atoms with E-state index in [-0.39, 0.29) is 0 Å². The normalized spacial score (nSPS) is 11.9. The van der Waals surface area contributed by atoms with E-state index in [0.29, 0.717) is 5.95 Å². The summed E-state index contributed by atoms with van der Waals surface area (Å²) in [6.45, 7) is 0. The standard InChI is InChI=1S/C42H25N3O/c1-2-12-28(13-3-1)34-25-35(30-19-18-26-10-4-5-14-29(26)24-30)44-42(43-34)45-36-17-9-8-16-32(36)39-37(45)22-23-38-40(39)33-21-20-27-11-6-7-15-31(27)41(33)46-38/h1-25H. The van der Waals surface area contributed by atoms with E-state index >= 15 is 0 Å². The van der Waals surface area contributed by atoms with Crippen LogP contribution in [0, 0.1) is 0 Å². The molecule has 0 N–H and O–H groups in total. The number of aromatic nitrogens is 3. The van der Waals surface area contributed by atoms with Crippen molar-refractivity contribution < 1.29 is 4.42 Å². The summed E-state index contributed by atoms with van der Waals surface area (Å²) in [5.41, 5.74) is 7.73. The Kier molecular flexibility index (Phi) is 5.25. The Morgan fingerprint density at radius 2 is 1.13 bits per heavy atom. The number of nitrogens with zero attached hydrogens (tertiary/aromatic N) is 3. The lowest BCUT2D eigenvalue weighted by Gasteiger charge is -2.12. The summed E-state index contributed by atoms with van der Waals surface area (Å²) in [7, 11) is 0. The van der Waals surface area contributed by atoms with E-state index in [9.17, 15) is 0 Å². The second-order valence-electron chi connectivity index (χ2n) is 11.8. The highest BCUT2D eigenvalue weighted by atomic mass is 16.3. The zero-order chi connectivity index (χ0) is 30.2. The van der Waals surface area contributed by atoms with Crippen molar-refractivity contribution in [2.75, 3.05) is 0 Å². The maximum Gasteiger partial charge on any atom is 0.235 e. The van der Waals surface area contributed by atoms with Gasteiger partial charge in [0.2, 0.25) is 5.95 Å². The van der Waals surface area contributed by atoms with Crippen molar-refractivity contribution in [3.05, 3.63) is 152 Å². The molecular formula is C42H25N3O. The maximum atomic E-state index is 6.59. The molecule has 3 heterocycles. The molecule has 3 aromatic heterocycles. The SMILES string of the molecule is c1ccc(-c2cc(-c3ccc4ccccc4c3)nc(-n3c4ccccc4c4c5c(ccc43)oc3c4ccccc4ccc35)n2)cc1. The molecule has 0 atom stereocenters. The minimum Gasteiger partial charge on any atom is -0.455 e. The van der Waals surface area contributed by atoms with Gasteiger partial charge in [0.15, 0.2) is 0 Å². The second kappa shape index (κ2) is 9.62. The number of hydrogen-bond donors (Lipinski definition) is 0. The molecule has 0 radical (unpaired) electrons. The first-order chi connectivity index (χ1) is 22.8. The van der Waals surface area contributed by atoms with Gasteiger partial charge in [-0.2, -0.15) is 0 Å². The number of rotatable bonds is 3. The first-order valence-corrected chi connectivity index (χ1v) is 15.5. The minimum absolute atomic E-state index is 0.633. The zero-order valence-corrected chi connectivity index (χ0v) is 24.7. The van der Waals surface area contributed by atoms with Crippen LogP contribution in [0.5, 0.6) is 0 Å². The summed E-state index contributed by atoms with van der Waals surface area (Å²) in [5.74, 6) is 0.633. The van der Waals surface area contributed by atoms with Crippen LogP contribution in [0.25, 0.3) is 93.8 Å². The quantitative estimate of drug-likeness (QED) is 0.207. The molecule has 0 saturated carbocycles. The summed E-state index contributed by atoms with van der Waals surface area (Å²) < 4.78 is 8.80. The van der Waals surface area contributed by atoms with Gasteiger partial charge in [-0.15, -0.1) is 0 Å². The monoisotopic (exact) mass is 587 g/mol. The molecule has 0 spiro atoms. The Hall–Kier alpha value is -6.26. The fourth-order valence-corrected chi connectivity index (χ4v) is 7.06. The highest BCUT2D eigenvalue weighted by Gasteiger charge is 2.21. The van der Waals surface area contributed by atoms with Crippen LogP contribution >= 0.6 is 0 Å². The summed E-state index contributed by atoms with van der Waals surface area (Å²) in [6.07, 6.45) is 0. The van der Waals surface area contributed by atoms with Crippen LogP contribution in [0.3, 0.4) is 0 Å². The van der Waals surface area contributed by atoms with Crippen LogP contribution in [0.2, 0.25) is 0 Å². The average molecular weight is 588 g/mol. The maximum absolute atomic E-state index is 6.59. The van der Waals surface area contributed by atoms with Crippen LogP contribution in [-0.4, -0.2) is 14.5 Å². The van der Waals surface area contributed by atoms with Gasteiger partial charge >= 0.3 is 0 Å². The van der Waals surface area contributed by atoms with E-state index in [1.54, 1.807) is 0 Å². The third kappa shape index (κ3) is 3.67. The smallest absolute Gasteiger partial charge is 0.235 e. The van der Waals surface area contributed by atoms with Gasteiger partial charge < -0.3 is 4.42 Å². The Labute approximate surface area is 263 Å². The first-order valence-electron chi connectivity index (χ1n) is 15.5. The largest absolute Gasteiger partial charge is 0.455 e. The molecule has 0 aliphatic rings. The molecule has 10 aromatic rings. The lowest BCUT2D eigenvalue weighted by atomic mass is 10.0. The first kappa shape index (κ1) is 25.1. The van der Waals surface area contributed by atoms with E-state index in [0.717, 1.165) is 71.6 Å². The highest BCUT2D eigenvalue weighted by Crippen LogP contribution is 2.42. The summed E-state index contributed by atoms with van der Waals surface area (Å²) in [4.78, 5) is 10.5. The second-order valence-corrected chi connectivity index (χ2v) is 11.8. The Morgan fingerprint density at radius 1 is 0.435 bits per heavy atom. The van der Waals surface area contributed by atoms with Crippen LogP contribution in [0.15, 0.2) is 156 Å². The number of benzene rings is 7. The van der Waals surface area contributed by atoms with Gasteiger partial charge in [0.05, 0.1) is 22.4 Å². The highest BCUT2D eigenvalue weighted by molar-refractivity contribution is 6.29. The molecule has 46 heavy (non-hydrogen) atoms. The van der Waals surface area contributed by atoms with Crippen molar-refractivity contribution in [2.45, 2.75) is 0 Å². The molecule has 0 unspecified atom stereocenters. The Morgan fingerprint density at radius 3 is 2.00 bits per heavy atom. The molecule has 10 rings (SSSR count). The number of furan rings is 1. The van der Waals surface area contributed by atoms with E-state index in [2.05, 4.69) is 150 Å². The lowest BCUT2D eigenvalue weighted by molar-refractivity contribution is 0.673. The predicted molar refractivity (Wildman–Crippen MR) is 190 cm³/mol. The molecule has 0 aliphatic heterocycles. The van der Waals surface area contributed by atoms with E-state index in [4.69, 9.17) is 14.4 Å². The topological polar surface area (TPSA) is 43.9 Å². The summed E-state index contributed by atoms with van der Waals surface area (Å²) in [5, 5.41) is 9.17. The number of fused-ring (bicyclic) bond motifs is 10. The Bertz CT molecular complexity index is 2810. The van der Waals surface area contributed by atoms with Crippen molar-refractivity contribution in [3.63, 3.8) is 0 Å². The molecule has 4 nitrogen and oxygen atoms in total. The van der Waals surface area contributed by atoms with Crippen LogP contribution in [0.4, 0.5) is 0 Å². The third-order valence-corrected chi connectivity index (χ3v) is 9.19. The molecule has 0 aliphatic carbocycles. The van der Waals surface area contributed by atoms with Gasteiger partial charge in [0, 0.05) is 38.1 Å². The Balaban J connectivity index is 1.30. The molecule has 214 valence electrons. The molecule has 0 fully saturated rings. The summed E-state index contributed by atoms with van der Waals surface area (Å²) >= 11 is 0. The molecule has 0 saturated heterocycles. The van der Waals surface area contributed by atoms with Gasteiger partial charge in [0.25, 0.3) is 0 Å². The molecule has 4 heteroatoms. The van der Waals surface area contributed by atoms with Crippen molar-refractivity contribution in [1.29, 1.82) is 0 Å². The van der Waals surface area contributed by atoms with Crippen molar-refractivity contribution in [3.8, 4) is 28.5 Å². The van der Waals surface area contributed by atoms with Crippen LogP contribution < -0.4 is 0 Å². The predicted octanol–water partition coefficient (Wildman–Crippen LogP) is 11.1. The van der Waals surface area contributed by atoms with Gasteiger partial charge in [-0.1, -0.05) is 115 Å². The fraction of sp³-hybridized carbons (Fsp3) is 0. The molecule has 0 amide bonds. The average Bonchev–Trinajstić information content (AvgIpc) is 3.67. The number of hydrogen-bond acceptors (Lipinski definition) is 3. The molecule has 7 aromatic carbocycles. The number of para-hydroxylation sites is 1. The van der Waals surface area contributed by atoms with Gasteiger partial charge in [-0.3, -0.25) is 4.57 Å². The zero-order valence-electron chi connectivity index (χ0n) is 24.7. The molecular weight excluding hydrogens is 562 g/mol. The minimum atomic E-state index is 0.633. The van der Waals surface area contributed by atoms with E-state index in [1.165, 1.54) is 16.2 Å². The van der Waals surface area contributed by atoms with Gasteiger partial charge in [-0.25, -0.2) is 9.97 Å². The third-order valence-electron chi connectivity index (χ3n) is 9.19. The lowest BCUT2D eigenvalue weighted by Crippen LogP contribution is -2.04. The van der Waals surface area contributed by atoms with Crippen molar-refractivity contribution in [1.82, 2.24) is 14.5 Å². The van der Waals surface area contributed by atoms with E-state index in [1.807, 2.05) is 6.07 Å². The van der Waals surface area contributed by atoms with Crippen molar-refractivity contribution in [2.24, 2.45) is 0 Å². The van der Waals surface area contributed by atoms with Crippen LogP contribution in [-0.2, 0) is 0 Å². The van der Waals surface area contributed by atoms with Gasteiger partial charge in [0.1, 0.15) is 11.2 Å². The fourth-order valence-electron chi connectivity index (χ4n) is 7.06.